The molecule has 0 aromatic heterocycles. The molecule has 0 rings (SSSR count). The molecule has 3 nitrogen and oxygen atoms in total. The van der Waals surface area contributed by atoms with E-state index in [2.05, 4.69) is 11.4 Å². The Morgan fingerprint density at radius 2 is 1.65 bits per heavy atom. The smallest absolute Gasteiger partial charge is 0.244 e. The Bertz CT molecular complexity index is 454. The number of carbonyl (C=O) groups excluding carboxylic acids is 1. The highest BCUT2D eigenvalue weighted by molar-refractivity contribution is 5.87. The minimum absolute atomic E-state index is 0.181. The average molecular weight is 317 g/mol. The third kappa shape index (κ3) is 14.8. The van der Waals surface area contributed by atoms with Crippen molar-refractivity contribution in [1.29, 1.82) is 0 Å². The third-order valence-corrected chi connectivity index (χ3v) is 3.09. The van der Waals surface area contributed by atoms with Crippen molar-refractivity contribution >= 4 is 5.91 Å². The number of hydrogen-bond donors (Lipinski definition) is 2. The maximum absolute atomic E-state index is 11.6. The van der Waals surface area contributed by atoms with Crippen molar-refractivity contribution < 1.29 is 9.90 Å². The second-order valence-electron chi connectivity index (χ2n) is 5.67. The van der Waals surface area contributed by atoms with Crippen molar-refractivity contribution in [3.05, 3.63) is 60.8 Å². The van der Waals surface area contributed by atoms with Gasteiger partial charge in [0.2, 0.25) is 5.91 Å². The topological polar surface area (TPSA) is 49.3 Å². The Labute approximate surface area is 141 Å². The van der Waals surface area contributed by atoms with Gasteiger partial charge in [-0.1, -0.05) is 68.0 Å². The molecular weight excluding hydrogens is 286 g/mol. The molecule has 0 saturated heterocycles. The zero-order valence-corrected chi connectivity index (χ0v) is 14.7. The van der Waals surface area contributed by atoms with Gasteiger partial charge in [-0.15, -0.1) is 0 Å². The van der Waals surface area contributed by atoms with E-state index in [4.69, 9.17) is 0 Å². The van der Waals surface area contributed by atoms with Crippen LogP contribution in [-0.2, 0) is 4.79 Å². The fourth-order valence-electron chi connectivity index (χ4n) is 1.89. The van der Waals surface area contributed by atoms with Crippen molar-refractivity contribution in [3.63, 3.8) is 0 Å². The van der Waals surface area contributed by atoms with Crippen LogP contribution in [0.1, 0.15) is 46.5 Å². The number of allylic oxidation sites excluding steroid dienone is 9. The molecule has 23 heavy (non-hydrogen) atoms. The lowest BCUT2D eigenvalue weighted by atomic mass is 10.0. The molecule has 0 spiro atoms. The van der Waals surface area contributed by atoms with E-state index in [0.29, 0.717) is 6.42 Å². The van der Waals surface area contributed by atoms with E-state index in [-0.39, 0.29) is 12.5 Å². The Morgan fingerprint density at radius 3 is 2.26 bits per heavy atom. The monoisotopic (exact) mass is 317 g/mol. The Kier molecular flexibility index (Phi) is 12.7. The molecule has 0 saturated carbocycles. The van der Waals surface area contributed by atoms with E-state index < -0.39 is 5.60 Å². The van der Waals surface area contributed by atoms with Gasteiger partial charge in [-0.25, -0.2) is 0 Å². The number of nitrogens with one attached hydrogen (secondary N) is 1. The summed E-state index contributed by atoms with van der Waals surface area (Å²) in [5.41, 5.74) is -0.832. The van der Waals surface area contributed by atoms with Gasteiger partial charge >= 0.3 is 0 Å². The minimum Gasteiger partial charge on any atom is -0.388 e. The molecule has 0 aromatic carbocycles. The largest absolute Gasteiger partial charge is 0.388 e. The highest BCUT2D eigenvalue weighted by Gasteiger charge is 2.18. The molecule has 0 aromatic rings. The van der Waals surface area contributed by atoms with Gasteiger partial charge < -0.3 is 10.4 Å². The van der Waals surface area contributed by atoms with Gasteiger partial charge in [0.05, 0.1) is 5.60 Å². The van der Waals surface area contributed by atoms with Crippen molar-refractivity contribution in [2.24, 2.45) is 0 Å². The van der Waals surface area contributed by atoms with E-state index in [1.807, 2.05) is 56.4 Å². The van der Waals surface area contributed by atoms with Crippen LogP contribution < -0.4 is 5.32 Å². The van der Waals surface area contributed by atoms with E-state index in [1.165, 1.54) is 6.08 Å². The van der Waals surface area contributed by atoms with Crippen molar-refractivity contribution in [2.45, 2.75) is 52.1 Å². The Morgan fingerprint density at radius 1 is 1.04 bits per heavy atom. The number of aliphatic hydroxyl groups is 1. The highest BCUT2D eigenvalue weighted by Crippen LogP contribution is 2.09. The summed E-state index contributed by atoms with van der Waals surface area (Å²) in [4.78, 5) is 11.6. The van der Waals surface area contributed by atoms with Crippen molar-refractivity contribution in [1.82, 2.24) is 5.32 Å². The fourth-order valence-corrected chi connectivity index (χ4v) is 1.89. The number of rotatable bonds is 11. The predicted octanol–water partition coefficient (Wildman–Crippen LogP) is 4.23. The van der Waals surface area contributed by atoms with Gasteiger partial charge in [-0.2, -0.15) is 0 Å². The average Bonchev–Trinajstić information content (AvgIpc) is 2.50. The molecule has 0 heterocycles. The van der Waals surface area contributed by atoms with Crippen LogP contribution >= 0.6 is 0 Å². The normalized spacial score (nSPS) is 15.5. The van der Waals surface area contributed by atoms with Crippen LogP contribution in [0.3, 0.4) is 0 Å². The number of amides is 1. The standard InChI is InChI=1S/C20H31NO2/c1-4-6-7-8-9-10-11-12-13-14-15-16-19(22)21-18-20(3,23)17-5-2/h4,6-10,13-16,23H,5,11-12,17-18H2,1-3H3,(H,21,22). The van der Waals surface area contributed by atoms with Crippen LogP contribution in [0.25, 0.3) is 0 Å². The fraction of sp³-hybridized carbons (Fsp3) is 0.450. The molecule has 1 amide bonds. The first-order valence-corrected chi connectivity index (χ1v) is 8.29. The molecule has 0 radical (unpaired) electrons. The summed E-state index contributed by atoms with van der Waals surface area (Å²) in [6, 6.07) is 0. The van der Waals surface area contributed by atoms with Gasteiger partial charge in [0, 0.05) is 12.6 Å². The summed E-state index contributed by atoms with van der Waals surface area (Å²) < 4.78 is 0. The van der Waals surface area contributed by atoms with Crippen molar-refractivity contribution in [2.75, 3.05) is 6.54 Å². The quantitative estimate of drug-likeness (QED) is 0.340. The molecular formula is C20H31NO2. The summed E-state index contributed by atoms with van der Waals surface area (Å²) in [5.74, 6) is -0.181. The third-order valence-electron chi connectivity index (χ3n) is 3.09. The molecule has 128 valence electrons. The summed E-state index contributed by atoms with van der Waals surface area (Å²) >= 11 is 0. The Hall–Kier alpha value is -1.87. The van der Waals surface area contributed by atoms with Gasteiger partial charge in [0.1, 0.15) is 0 Å². The van der Waals surface area contributed by atoms with Crippen LogP contribution in [0.2, 0.25) is 0 Å². The van der Waals surface area contributed by atoms with Gasteiger partial charge in [0.15, 0.2) is 0 Å². The zero-order chi connectivity index (χ0) is 17.4. The van der Waals surface area contributed by atoms with E-state index in [1.54, 1.807) is 13.0 Å². The molecule has 1 atom stereocenters. The molecule has 0 bridgehead atoms. The van der Waals surface area contributed by atoms with E-state index in [9.17, 15) is 9.90 Å². The lowest BCUT2D eigenvalue weighted by Crippen LogP contribution is -2.39. The zero-order valence-electron chi connectivity index (χ0n) is 14.7. The van der Waals surface area contributed by atoms with E-state index in [0.717, 1.165) is 19.3 Å². The summed E-state index contributed by atoms with van der Waals surface area (Å²) in [5, 5.41) is 12.7. The molecule has 1 unspecified atom stereocenters. The van der Waals surface area contributed by atoms with E-state index >= 15 is 0 Å². The van der Waals surface area contributed by atoms with Crippen LogP contribution in [0.15, 0.2) is 60.8 Å². The first-order valence-electron chi connectivity index (χ1n) is 8.29. The minimum atomic E-state index is -0.832. The summed E-state index contributed by atoms with van der Waals surface area (Å²) in [6.07, 6.45) is 22.7. The maximum atomic E-state index is 11.6. The van der Waals surface area contributed by atoms with Crippen LogP contribution in [0, 0.1) is 0 Å². The number of unbranched alkanes of at least 4 members (excludes halogenated alkanes) is 1. The van der Waals surface area contributed by atoms with Crippen molar-refractivity contribution in [3.8, 4) is 0 Å². The molecule has 0 aliphatic carbocycles. The van der Waals surface area contributed by atoms with Crippen LogP contribution in [0.4, 0.5) is 0 Å². The van der Waals surface area contributed by atoms with Crippen LogP contribution in [0.5, 0.6) is 0 Å². The maximum Gasteiger partial charge on any atom is 0.244 e. The number of hydrogen-bond acceptors (Lipinski definition) is 2. The number of carbonyl (C=O) groups is 1. The highest BCUT2D eigenvalue weighted by atomic mass is 16.3. The Balaban J connectivity index is 3.85. The second-order valence-corrected chi connectivity index (χ2v) is 5.67. The first-order chi connectivity index (χ1) is 11.0. The second kappa shape index (κ2) is 13.8. The van der Waals surface area contributed by atoms with Crippen LogP contribution in [-0.4, -0.2) is 23.2 Å². The van der Waals surface area contributed by atoms with Gasteiger partial charge in [-0.05, 0) is 33.1 Å². The summed E-state index contributed by atoms with van der Waals surface area (Å²) in [7, 11) is 0. The SMILES string of the molecule is CC=CC=CC=CCCC=CC=CC(=O)NCC(C)(O)CCC. The summed E-state index contributed by atoms with van der Waals surface area (Å²) in [6.45, 7) is 6.01. The molecule has 3 heteroatoms. The van der Waals surface area contributed by atoms with Gasteiger partial charge in [-0.3, -0.25) is 4.79 Å². The first kappa shape index (κ1) is 21.1. The molecule has 0 aliphatic heterocycles. The van der Waals surface area contributed by atoms with Gasteiger partial charge in [0.25, 0.3) is 0 Å². The predicted molar refractivity (Wildman–Crippen MR) is 99.1 cm³/mol. The lowest BCUT2D eigenvalue weighted by molar-refractivity contribution is -0.117. The molecule has 2 N–H and O–H groups in total. The molecule has 0 fully saturated rings. The molecule has 0 aliphatic rings. The lowest BCUT2D eigenvalue weighted by Gasteiger charge is -2.22.